The molecule has 0 aliphatic carbocycles. The van der Waals surface area contributed by atoms with Crippen LogP contribution in [0.25, 0.3) is 10.6 Å². The summed E-state index contributed by atoms with van der Waals surface area (Å²) in [6, 6.07) is 15.4. The fourth-order valence-corrected chi connectivity index (χ4v) is 4.40. The van der Waals surface area contributed by atoms with Crippen LogP contribution in [0.2, 0.25) is 0 Å². The standard InChI is InChI=1S/C24H22N2O4S/c1-15(2)12-20(26-22(27)18-10-6-7-11-19(18)23(26)28)24(29)30-14-17-13-25-21(31-17)16-8-4-3-5-9-16/h3-11,13,15,20H,12,14H2,1-2H3. The molecule has 0 saturated heterocycles. The molecule has 2 heterocycles. The van der Waals surface area contributed by atoms with E-state index in [9.17, 15) is 14.4 Å². The van der Waals surface area contributed by atoms with Gasteiger partial charge in [-0.25, -0.2) is 9.78 Å². The zero-order valence-electron chi connectivity index (χ0n) is 17.3. The zero-order valence-corrected chi connectivity index (χ0v) is 18.1. The van der Waals surface area contributed by atoms with Gasteiger partial charge in [-0.2, -0.15) is 0 Å². The molecule has 6 nitrogen and oxygen atoms in total. The lowest BCUT2D eigenvalue weighted by molar-refractivity contribution is -0.150. The molecule has 3 aromatic rings. The number of hydrogen-bond acceptors (Lipinski definition) is 6. The molecule has 2 amide bonds. The Bertz CT molecular complexity index is 1090. The van der Waals surface area contributed by atoms with E-state index in [1.807, 2.05) is 44.2 Å². The number of carbonyl (C=O) groups excluding carboxylic acids is 3. The summed E-state index contributed by atoms with van der Waals surface area (Å²) in [5.41, 5.74) is 1.64. The van der Waals surface area contributed by atoms with Gasteiger partial charge in [-0.05, 0) is 24.5 Å². The molecule has 158 valence electrons. The highest BCUT2D eigenvalue weighted by molar-refractivity contribution is 7.15. The van der Waals surface area contributed by atoms with E-state index in [4.69, 9.17) is 4.74 Å². The first-order valence-electron chi connectivity index (χ1n) is 10.1. The number of esters is 1. The summed E-state index contributed by atoms with van der Waals surface area (Å²) in [6.07, 6.45) is 2.02. The molecular formula is C24H22N2O4S. The third-order valence-electron chi connectivity index (χ3n) is 5.03. The molecule has 1 aliphatic rings. The Hall–Kier alpha value is -3.32. The summed E-state index contributed by atoms with van der Waals surface area (Å²) in [5, 5.41) is 0.839. The average Bonchev–Trinajstić information content (AvgIpc) is 3.35. The van der Waals surface area contributed by atoms with Gasteiger partial charge in [0.25, 0.3) is 11.8 Å². The van der Waals surface area contributed by atoms with Gasteiger partial charge >= 0.3 is 5.97 Å². The lowest BCUT2D eigenvalue weighted by Gasteiger charge is -2.25. The Morgan fingerprint density at radius 1 is 1.00 bits per heavy atom. The lowest BCUT2D eigenvalue weighted by atomic mass is 10.0. The molecule has 4 rings (SSSR count). The number of imide groups is 1. The largest absolute Gasteiger partial charge is 0.458 e. The average molecular weight is 435 g/mol. The van der Waals surface area contributed by atoms with Crippen molar-refractivity contribution in [2.75, 3.05) is 0 Å². The first-order valence-corrected chi connectivity index (χ1v) is 10.9. The SMILES string of the molecule is CC(C)CC(C(=O)OCc1cnc(-c2ccccc2)s1)N1C(=O)c2ccccc2C1=O. The quantitative estimate of drug-likeness (QED) is 0.402. The molecule has 0 spiro atoms. The molecule has 0 bridgehead atoms. The summed E-state index contributed by atoms with van der Waals surface area (Å²) >= 11 is 1.44. The second-order valence-corrected chi connectivity index (χ2v) is 8.89. The van der Waals surface area contributed by atoms with Crippen LogP contribution in [0, 0.1) is 5.92 Å². The third kappa shape index (κ3) is 4.27. The first kappa shape index (κ1) is 20.9. The van der Waals surface area contributed by atoms with Crippen LogP contribution in [0.15, 0.2) is 60.8 Å². The highest BCUT2D eigenvalue weighted by atomic mass is 32.1. The van der Waals surface area contributed by atoms with E-state index in [2.05, 4.69) is 4.98 Å². The van der Waals surface area contributed by atoms with Crippen LogP contribution in [0.5, 0.6) is 0 Å². The van der Waals surface area contributed by atoms with E-state index in [-0.39, 0.29) is 12.5 Å². The molecular weight excluding hydrogens is 412 g/mol. The maximum absolute atomic E-state index is 13.0. The van der Waals surface area contributed by atoms with Crippen LogP contribution in [-0.4, -0.2) is 33.7 Å². The Balaban J connectivity index is 1.49. The number of fused-ring (bicyclic) bond motifs is 1. The Labute approximate surface area is 184 Å². The van der Waals surface area contributed by atoms with Crippen molar-refractivity contribution in [3.63, 3.8) is 0 Å². The smallest absolute Gasteiger partial charge is 0.329 e. The number of benzene rings is 2. The van der Waals surface area contributed by atoms with E-state index in [0.717, 1.165) is 20.3 Å². The summed E-state index contributed by atoms with van der Waals surface area (Å²) in [5.74, 6) is -1.40. The van der Waals surface area contributed by atoms with E-state index >= 15 is 0 Å². The van der Waals surface area contributed by atoms with E-state index < -0.39 is 23.8 Å². The lowest BCUT2D eigenvalue weighted by Crippen LogP contribution is -2.46. The van der Waals surface area contributed by atoms with Crippen molar-refractivity contribution in [1.29, 1.82) is 0 Å². The van der Waals surface area contributed by atoms with Crippen molar-refractivity contribution >= 4 is 29.1 Å². The third-order valence-corrected chi connectivity index (χ3v) is 6.05. The van der Waals surface area contributed by atoms with Crippen LogP contribution < -0.4 is 0 Å². The van der Waals surface area contributed by atoms with Gasteiger partial charge in [-0.15, -0.1) is 11.3 Å². The molecule has 0 N–H and O–H groups in total. The molecule has 1 unspecified atom stereocenters. The fraction of sp³-hybridized carbons (Fsp3) is 0.250. The fourth-order valence-electron chi connectivity index (χ4n) is 3.57. The van der Waals surface area contributed by atoms with Crippen LogP contribution in [0.3, 0.4) is 0 Å². The van der Waals surface area contributed by atoms with Crippen LogP contribution in [0.1, 0.15) is 45.9 Å². The van der Waals surface area contributed by atoms with Crippen molar-refractivity contribution in [2.24, 2.45) is 5.92 Å². The highest BCUT2D eigenvalue weighted by Gasteiger charge is 2.43. The Kier molecular flexibility index (Phi) is 5.95. The van der Waals surface area contributed by atoms with Gasteiger partial charge in [0, 0.05) is 11.8 Å². The van der Waals surface area contributed by atoms with Gasteiger partial charge in [-0.3, -0.25) is 14.5 Å². The van der Waals surface area contributed by atoms with Crippen LogP contribution in [0.4, 0.5) is 0 Å². The number of carbonyl (C=O) groups is 3. The highest BCUT2D eigenvalue weighted by Crippen LogP contribution is 2.29. The van der Waals surface area contributed by atoms with Gasteiger partial charge in [0.05, 0.1) is 16.0 Å². The van der Waals surface area contributed by atoms with Crippen LogP contribution in [-0.2, 0) is 16.1 Å². The first-order chi connectivity index (χ1) is 15.0. The number of amides is 2. The Morgan fingerprint density at radius 2 is 1.61 bits per heavy atom. The number of hydrogen-bond donors (Lipinski definition) is 0. The van der Waals surface area contributed by atoms with Gasteiger partial charge in [0.15, 0.2) is 0 Å². The molecule has 0 radical (unpaired) electrons. The minimum atomic E-state index is -0.964. The van der Waals surface area contributed by atoms with E-state index in [1.165, 1.54) is 11.3 Å². The summed E-state index contributed by atoms with van der Waals surface area (Å²) in [7, 11) is 0. The van der Waals surface area contributed by atoms with Crippen molar-refractivity contribution < 1.29 is 19.1 Å². The summed E-state index contributed by atoms with van der Waals surface area (Å²) in [6.45, 7) is 3.92. The number of thiazole rings is 1. The van der Waals surface area contributed by atoms with Crippen molar-refractivity contribution in [2.45, 2.75) is 32.9 Å². The molecule has 1 atom stereocenters. The second-order valence-electron chi connectivity index (χ2n) is 7.78. The van der Waals surface area contributed by atoms with Gasteiger partial charge in [0.2, 0.25) is 0 Å². The van der Waals surface area contributed by atoms with Crippen LogP contribution >= 0.6 is 11.3 Å². The summed E-state index contributed by atoms with van der Waals surface area (Å²) in [4.78, 5) is 44.9. The summed E-state index contributed by atoms with van der Waals surface area (Å²) < 4.78 is 5.53. The topological polar surface area (TPSA) is 76.6 Å². The predicted octanol–water partition coefficient (Wildman–Crippen LogP) is 4.56. The molecule has 0 saturated carbocycles. The van der Waals surface area contributed by atoms with Crippen molar-refractivity contribution in [3.8, 4) is 10.6 Å². The monoisotopic (exact) mass is 434 g/mol. The normalized spacial score (nSPS) is 14.1. The van der Waals surface area contributed by atoms with Gasteiger partial charge in [-0.1, -0.05) is 56.3 Å². The van der Waals surface area contributed by atoms with E-state index in [0.29, 0.717) is 17.5 Å². The van der Waals surface area contributed by atoms with Gasteiger partial charge in [0.1, 0.15) is 17.7 Å². The number of aromatic nitrogens is 1. The molecule has 1 aromatic heterocycles. The second kappa shape index (κ2) is 8.81. The van der Waals surface area contributed by atoms with E-state index in [1.54, 1.807) is 30.5 Å². The molecule has 1 aliphatic heterocycles. The molecule has 2 aromatic carbocycles. The zero-order chi connectivity index (χ0) is 22.0. The van der Waals surface area contributed by atoms with Gasteiger partial charge < -0.3 is 4.74 Å². The van der Waals surface area contributed by atoms with Crippen molar-refractivity contribution in [3.05, 3.63) is 76.8 Å². The Morgan fingerprint density at radius 3 is 2.23 bits per heavy atom. The maximum atomic E-state index is 13.0. The molecule has 7 heteroatoms. The minimum absolute atomic E-state index is 0.0428. The number of rotatable bonds is 7. The van der Waals surface area contributed by atoms with Crippen molar-refractivity contribution in [1.82, 2.24) is 9.88 Å². The minimum Gasteiger partial charge on any atom is -0.458 e. The maximum Gasteiger partial charge on any atom is 0.329 e. The molecule has 31 heavy (non-hydrogen) atoms. The predicted molar refractivity (Wildman–Crippen MR) is 118 cm³/mol. The number of ether oxygens (including phenoxy) is 1. The number of nitrogens with zero attached hydrogens (tertiary/aromatic N) is 2. The molecule has 0 fully saturated rings.